The average Bonchev–Trinajstić information content (AvgIpc) is 3.04. The number of fused-ring (bicyclic) bond motifs is 1. The van der Waals surface area contributed by atoms with E-state index in [-0.39, 0.29) is 5.91 Å². The molecule has 3 atom stereocenters. The fraction of sp³-hybridized carbons (Fsp3) is 0.588. The molecule has 4 heteroatoms. The van der Waals surface area contributed by atoms with Gasteiger partial charge in [0.25, 0.3) is 0 Å². The van der Waals surface area contributed by atoms with Gasteiger partial charge >= 0.3 is 0 Å². The van der Waals surface area contributed by atoms with Gasteiger partial charge in [-0.15, -0.1) is 0 Å². The number of rotatable bonds is 4. The van der Waals surface area contributed by atoms with Crippen molar-refractivity contribution in [2.75, 3.05) is 19.7 Å². The van der Waals surface area contributed by atoms with Gasteiger partial charge in [-0.1, -0.05) is 12.1 Å². The van der Waals surface area contributed by atoms with Crippen LogP contribution in [0.2, 0.25) is 0 Å². The van der Waals surface area contributed by atoms with Crippen LogP contribution in [0.5, 0.6) is 5.75 Å². The fourth-order valence-electron chi connectivity index (χ4n) is 3.67. The third-order valence-corrected chi connectivity index (χ3v) is 4.85. The second kappa shape index (κ2) is 6.06. The molecule has 0 radical (unpaired) electrons. The Morgan fingerprint density at radius 2 is 2.05 bits per heavy atom. The summed E-state index contributed by atoms with van der Waals surface area (Å²) < 4.78 is 5.42. The number of hydrogen-bond acceptors (Lipinski definition) is 3. The van der Waals surface area contributed by atoms with E-state index in [1.165, 1.54) is 6.42 Å². The molecule has 1 saturated carbocycles. The minimum absolute atomic E-state index is 0.223. The minimum atomic E-state index is 0.223. The number of amides is 1. The van der Waals surface area contributed by atoms with Gasteiger partial charge in [-0.3, -0.25) is 4.79 Å². The quantitative estimate of drug-likeness (QED) is 0.919. The van der Waals surface area contributed by atoms with Crippen molar-refractivity contribution in [3.8, 4) is 5.75 Å². The first-order valence-corrected chi connectivity index (χ1v) is 7.92. The molecule has 0 aromatic heterocycles. The lowest BCUT2D eigenvalue weighted by atomic mass is 9.98. The molecule has 2 fully saturated rings. The zero-order valence-corrected chi connectivity index (χ0v) is 12.6. The number of hydrogen-bond donors (Lipinski definition) is 1. The molecule has 0 bridgehead atoms. The minimum Gasteiger partial charge on any atom is -0.494 e. The maximum atomic E-state index is 12.4. The highest BCUT2D eigenvalue weighted by Crippen LogP contribution is 2.37. The molecule has 1 saturated heterocycles. The molecule has 2 aliphatic rings. The Labute approximate surface area is 126 Å². The van der Waals surface area contributed by atoms with Crippen molar-refractivity contribution in [2.24, 2.45) is 17.6 Å². The molecule has 3 unspecified atom stereocenters. The Kier molecular flexibility index (Phi) is 4.15. The summed E-state index contributed by atoms with van der Waals surface area (Å²) in [6.45, 7) is 4.37. The third kappa shape index (κ3) is 3.05. The molecule has 4 nitrogen and oxygen atoms in total. The van der Waals surface area contributed by atoms with E-state index in [0.29, 0.717) is 30.9 Å². The Morgan fingerprint density at radius 1 is 1.29 bits per heavy atom. The number of carbonyl (C=O) groups excluding carboxylic acids is 1. The van der Waals surface area contributed by atoms with Crippen LogP contribution in [0.3, 0.4) is 0 Å². The number of nitrogens with two attached hydrogens (primary N) is 1. The molecule has 1 aliphatic heterocycles. The Bertz CT molecular complexity index is 500. The first-order valence-electron chi connectivity index (χ1n) is 7.92. The molecular formula is C17H24N2O2. The number of ether oxygens (including phenoxy) is 1. The maximum Gasteiger partial charge on any atom is 0.227 e. The highest BCUT2D eigenvalue weighted by Gasteiger charge is 2.42. The van der Waals surface area contributed by atoms with Gasteiger partial charge in [0, 0.05) is 19.1 Å². The lowest BCUT2D eigenvalue weighted by Gasteiger charge is -2.19. The van der Waals surface area contributed by atoms with Crippen molar-refractivity contribution in [3.63, 3.8) is 0 Å². The number of likely N-dealkylation sites (tertiary alicyclic amines) is 1. The summed E-state index contributed by atoms with van der Waals surface area (Å²) in [6.07, 6.45) is 2.77. The standard InChI is InChI=1S/C17H24N2O2/c1-2-21-14-6-3-12(4-7-14)9-17(20)19-10-13-5-8-16(18)15(13)11-19/h3-4,6-7,13,15-16H,2,5,8-11,18H2,1H3. The lowest BCUT2D eigenvalue weighted by Crippen LogP contribution is -2.34. The van der Waals surface area contributed by atoms with Gasteiger partial charge in [-0.25, -0.2) is 0 Å². The molecule has 3 rings (SSSR count). The molecule has 1 aliphatic carbocycles. The van der Waals surface area contributed by atoms with Crippen molar-refractivity contribution >= 4 is 5.91 Å². The molecule has 1 heterocycles. The maximum absolute atomic E-state index is 12.4. The van der Waals surface area contributed by atoms with E-state index in [0.717, 1.165) is 30.8 Å². The van der Waals surface area contributed by atoms with Crippen LogP contribution in [0, 0.1) is 11.8 Å². The number of benzene rings is 1. The number of nitrogens with zero attached hydrogens (tertiary/aromatic N) is 1. The molecular weight excluding hydrogens is 264 g/mol. The summed E-state index contributed by atoms with van der Waals surface area (Å²) in [5.41, 5.74) is 7.17. The van der Waals surface area contributed by atoms with Gasteiger partial charge < -0.3 is 15.4 Å². The van der Waals surface area contributed by atoms with E-state index in [1.807, 2.05) is 36.1 Å². The van der Waals surface area contributed by atoms with E-state index in [4.69, 9.17) is 10.5 Å². The van der Waals surface area contributed by atoms with E-state index in [9.17, 15) is 4.79 Å². The summed E-state index contributed by atoms with van der Waals surface area (Å²) in [7, 11) is 0. The van der Waals surface area contributed by atoms with Gasteiger partial charge in [-0.05, 0) is 49.3 Å². The Morgan fingerprint density at radius 3 is 2.71 bits per heavy atom. The molecule has 0 spiro atoms. The SMILES string of the molecule is CCOc1ccc(CC(=O)N2CC3CCC(N)C3C2)cc1. The molecule has 21 heavy (non-hydrogen) atoms. The fourth-order valence-corrected chi connectivity index (χ4v) is 3.67. The zero-order valence-electron chi connectivity index (χ0n) is 12.6. The predicted molar refractivity (Wildman–Crippen MR) is 82.1 cm³/mol. The summed E-state index contributed by atoms with van der Waals surface area (Å²) in [5.74, 6) is 2.23. The van der Waals surface area contributed by atoms with Gasteiger partial charge in [0.15, 0.2) is 0 Å². The van der Waals surface area contributed by atoms with E-state index in [1.54, 1.807) is 0 Å². The van der Waals surface area contributed by atoms with Crippen LogP contribution < -0.4 is 10.5 Å². The molecule has 114 valence electrons. The topological polar surface area (TPSA) is 55.6 Å². The van der Waals surface area contributed by atoms with Crippen LogP contribution in [0.25, 0.3) is 0 Å². The smallest absolute Gasteiger partial charge is 0.227 e. The van der Waals surface area contributed by atoms with E-state index < -0.39 is 0 Å². The summed E-state index contributed by atoms with van der Waals surface area (Å²) >= 11 is 0. The zero-order chi connectivity index (χ0) is 14.8. The second-order valence-corrected chi connectivity index (χ2v) is 6.22. The molecule has 1 aromatic carbocycles. The molecule has 1 amide bonds. The van der Waals surface area contributed by atoms with Crippen molar-refractivity contribution < 1.29 is 9.53 Å². The van der Waals surface area contributed by atoms with Crippen molar-refractivity contribution in [1.29, 1.82) is 0 Å². The lowest BCUT2D eigenvalue weighted by molar-refractivity contribution is -0.129. The highest BCUT2D eigenvalue weighted by atomic mass is 16.5. The summed E-state index contributed by atoms with van der Waals surface area (Å²) in [4.78, 5) is 14.4. The van der Waals surface area contributed by atoms with Crippen LogP contribution in [0.1, 0.15) is 25.3 Å². The van der Waals surface area contributed by atoms with Crippen LogP contribution in [-0.2, 0) is 11.2 Å². The molecule has 1 aromatic rings. The van der Waals surface area contributed by atoms with E-state index >= 15 is 0 Å². The van der Waals surface area contributed by atoms with Crippen LogP contribution in [-0.4, -0.2) is 36.5 Å². The Balaban J connectivity index is 1.57. The monoisotopic (exact) mass is 288 g/mol. The van der Waals surface area contributed by atoms with E-state index in [2.05, 4.69) is 0 Å². The van der Waals surface area contributed by atoms with Crippen LogP contribution >= 0.6 is 0 Å². The van der Waals surface area contributed by atoms with Gasteiger partial charge in [0.05, 0.1) is 13.0 Å². The average molecular weight is 288 g/mol. The van der Waals surface area contributed by atoms with Crippen molar-refractivity contribution in [3.05, 3.63) is 29.8 Å². The predicted octanol–water partition coefficient (Wildman–Crippen LogP) is 1.82. The normalized spacial score (nSPS) is 27.7. The van der Waals surface area contributed by atoms with Crippen molar-refractivity contribution in [2.45, 2.75) is 32.2 Å². The van der Waals surface area contributed by atoms with Crippen molar-refractivity contribution in [1.82, 2.24) is 4.90 Å². The largest absolute Gasteiger partial charge is 0.494 e. The Hall–Kier alpha value is -1.55. The molecule has 2 N–H and O–H groups in total. The van der Waals surface area contributed by atoms with Gasteiger partial charge in [0.2, 0.25) is 5.91 Å². The second-order valence-electron chi connectivity index (χ2n) is 6.22. The first kappa shape index (κ1) is 14.4. The highest BCUT2D eigenvalue weighted by molar-refractivity contribution is 5.79. The van der Waals surface area contributed by atoms with Crippen LogP contribution in [0.4, 0.5) is 0 Å². The third-order valence-electron chi connectivity index (χ3n) is 4.85. The van der Waals surface area contributed by atoms with Crippen LogP contribution in [0.15, 0.2) is 24.3 Å². The first-order chi connectivity index (χ1) is 10.2. The van der Waals surface area contributed by atoms with Gasteiger partial charge in [-0.2, -0.15) is 0 Å². The summed E-state index contributed by atoms with van der Waals surface area (Å²) in [6, 6.07) is 8.11. The summed E-state index contributed by atoms with van der Waals surface area (Å²) in [5, 5.41) is 0. The number of carbonyl (C=O) groups is 1. The van der Waals surface area contributed by atoms with Gasteiger partial charge in [0.1, 0.15) is 5.75 Å².